The van der Waals surface area contributed by atoms with Crippen LogP contribution < -0.4 is 4.73 Å². The van der Waals surface area contributed by atoms with Crippen LogP contribution in [-0.4, -0.2) is 18.1 Å². The second-order valence-electron chi connectivity index (χ2n) is 3.09. The highest BCUT2D eigenvalue weighted by Crippen LogP contribution is 2.20. The largest absolute Gasteiger partial charge is 0.618 e. The Morgan fingerprint density at radius 3 is 3.06 bits per heavy atom. The van der Waals surface area contributed by atoms with Gasteiger partial charge in [-0.15, -0.1) is 0 Å². The van der Waals surface area contributed by atoms with Crippen molar-refractivity contribution in [3.8, 4) is 11.5 Å². The van der Waals surface area contributed by atoms with Gasteiger partial charge in [-0.25, -0.2) is 9.78 Å². The molecule has 0 fully saturated rings. The summed E-state index contributed by atoms with van der Waals surface area (Å²) in [7, 11) is 1.25. The van der Waals surface area contributed by atoms with Crippen LogP contribution in [0.25, 0.3) is 11.5 Å². The monoisotopic (exact) mass is 254 g/mol. The van der Waals surface area contributed by atoms with Gasteiger partial charge in [-0.2, -0.15) is 4.73 Å². The van der Waals surface area contributed by atoms with Gasteiger partial charge in [0, 0.05) is 12.1 Å². The van der Waals surface area contributed by atoms with Crippen LogP contribution in [0.1, 0.15) is 10.5 Å². The molecule has 0 aromatic carbocycles. The van der Waals surface area contributed by atoms with E-state index in [1.54, 1.807) is 0 Å². The van der Waals surface area contributed by atoms with Crippen LogP contribution in [0.4, 0.5) is 0 Å². The van der Waals surface area contributed by atoms with E-state index in [4.69, 9.17) is 16.0 Å². The molecule has 0 bridgehead atoms. The third-order valence-electron chi connectivity index (χ3n) is 2.02. The molecule has 0 radical (unpaired) electrons. The minimum absolute atomic E-state index is 0.0136. The third kappa shape index (κ3) is 2.21. The highest BCUT2D eigenvalue weighted by molar-refractivity contribution is 6.28. The van der Waals surface area contributed by atoms with Gasteiger partial charge in [0.25, 0.3) is 5.15 Å². The zero-order valence-corrected chi connectivity index (χ0v) is 9.47. The Kier molecular flexibility index (Phi) is 2.97. The fraction of sp³-hybridized carbons (Fsp3) is 0.100. The predicted octanol–water partition coefficient (Wildman–Crippen LogP) is 1.42. The molecule has 17 heavy (non-hydrogen) atoms. The smallest absolute Gasteiger partial charge is 0.360 e. The lowest BCUT2D eigenvalue weighted by Crippen LogP contribution is -2.26. The van der Waals surface area contributed by atoms with Gasteiger partial charge >= 0.3 is 5.97 Å². The maximum absolute atomic E-state index is 11.2. The topological polar surface area (TPSA) is 79.3 Å². The molecule has 0 saturated heterocycles. The molecule has 0 amide bonds. The second kappa shape index (κ2) is 4.42. The Morgan fingerprint density at radius 2 is 2.41 bits per heavy atom. The summed E-state index contributed by atoms with van der Waals surface area (Å²) in [4.78, 5) is 15.1. The van der Waals surface area contributed by atoms with Crippen LogP contribution >= 0.6 is 11.6 Å². The minimum Gasteiger partial charge on any atom is -0.618 e. The molecule has 0 atom stereocenters. The molecule has 0 aliphatic rings. The van der Waals surface area contributed by atoms with Crippen molar-refractivity contribution in [2.75, 3.05) is 7.11 Å². The summed E-state index contributed by atoms with van der Waals surface area (Å²) in [6.45, 7) is 0. The Bertz CT molecular complexity index is 567. The van der Waals surface area contributed by atoms with E-state index in [-0.39, 0.29) is 16.7 Å². The molecule has 0 unspecified atom stereocenters. The first-order valence-corrected chi connectivity index (χ1v) is 4.92. The van der Waals surface area contributed by atoms with E-state index in [1.165, 1.54) is 31.7 Å². The Labute approximate surface area is 101 Å². The number of carbonyl (C=O) groups excluding carboxylic acids is 1. The highest BCUT2D eigenvalue weighted by atomic mass is 35.5. The van der Waals surface area contributed by atoms with E-state index in [2.05, 4.69) is 9.72 Å². The fourth-order valence-electron chi connectivity index (χ4n) is 1.20. The third-order valence-corrected chi connectivity index (χ3v) is 2.30. The first-order valence-electron chi connectivity index (χ1n) is 4.54. The molecule has 0 aliphatic heterocycles. The van der Waals surface area contributed by atoms with Crippen molar-refractivity contribution in [2.24, 2.45) is 0 Å². The molecule has 2 aromatic heterocycles. The number of rotatable bonds is 2. The fourth-order valence-corrected chi connectivity index (χ4v) is 1.37. The molecule has 2 heterocycles. The van der Waals surface area contributed by atoms with Gasteiger partial charge in [-0.05, 0) is 11.6 Å². The molecule has 0 saturated carbocycles. The summed E-state index contributed by atoms with van der Waals surface area (Å²) in [5.74, 6) is -0.409. The first-order chi connectivity index (χ1) is 8.11. The molecule has 2 aromatic rings. The van der Waals surface area contributed by atoms with E-state index < -0.39 is 5.97 Å². The SMILES string of the molecule is COC(=O)c1coc(-c2cc[n+]([O-])c(Cl)c2)n1. The molecular weight excluding hydrogens is 248 g/mol. The Balaban J connectivity index is 2.37. The van der Waals surface area contributed by atoms with Crippen molar-refractivity contribution in [3.63, 3.8) is 0 Å². The summed E-state index contributed by atoms with van der Waals surface area (Å²) >= 11 is 5.65. The van der Waals surface area contributed by atoms with Gasteiger partial charge < -0.3 is 14.4 Å². The summed E-state index contributed by atoms with van der Waals surface area (Å²) in [5.41, 5.74) is 0.551. The number of ether oxygens (including phenoxy) is 1. The highest BCUT2D eigenvalue weighted by Gasteiger charge is 2.15. The molecule has 0 N–H and O–H groups in total. The molecule has 0 spiro atoms. The maximum Gasteiger partial charge on any atom is 0.360 e. The van der Waals surface area contributed by atoms with Gasteiger partial charge in [0.1, 0.15) is 6.26 Å². The van der Waals surface area contributed by atoms with Crippen molar-refractivity contribution in [1.29, 1.82) is 0 Å². The Hall–Kier alpha value is -2.08. The number of pyridine rings is 1. The average molecular weight is 255 g/mol. The van der Waals surface area contributed by atoms with Crippen molar-refractivity contribution in [3.05, 3.63) is 40.6 Å². The summed E-state index contributed by atoms with van der Waals surface area (Å²) < 4.78 is 10.1. The number of aromatic nitrogens is 2. The van der Waals surface area contributed by atoms with Crippen LogP contribution in [0.15, 0.2) is 29.0 Å². The number of esters is 1. The molecular formula is C10H7ClN2O4. The van der Waals surface area contributed by atoms with Crippen molar-refractivity contribution >= 4 is 17.6 Å². The van der Waals surface area contributed by atoms with Crippen LogP contribution in [0, 0.1) is 5.21 Å². The number of nitrogens with zero attached hydrogens (tertiary/aromatic N) is 2. The summed E-state index contributed by atoms with van der Waals surface area (Å²) in [6.07, 6.45) is 2.40. The molecule has 2 rings (SSSR count). The lowest BCUT2D eigenvalue weighted by atomic mass is 10.3. The molecule has 0 aliphatic carbocycles. The Morgan fingerprint density at radius 1 is 1.65 bits per heavy atom. The summed E-state index contributed by atoms with van der Waals surface area (Å²) in [6, 6.07) is 2.87. The summed E-state index contributed by atoms with van der Waals surface area (Å²) in [5, 5.41) is 11.0. The van der Waals surface area contributed by atoms with Gasteiger partial charge in [0.2, 0.25) is 5.89 Å². The van der Waals surface area contributed by atoms with Crippen LogP contribution in [0.2, 0.25) is 5.15 Å². The van der Waals surface area contributed by atoms with Crippen molar-refractivity contribution in [1.82, 2.24) is 4.98 Å². The van der Waals surface area contributed by atoms with Gasteiger partial charge in [-0.3, -0.25) is 0 Å². The normalized spacial score (nSPS) is 10.2. The predicted molar refractivity (Wildman–Crippen MR) is 57.2 cm³/mol. The first kappa shape index (κ1) is 11.4. The molecule has 6 nitrogen and oxygen atoms in total. The van der Waals surface area contributed by atoms with Gasteiger partial charge in [0.05, 0.1) is 12.7 Å². The van der Waals surface area contributed by atoms with Crippen molar-refractivity contribution in [2.45, 2.75) is 0 Å². The molecule has 7 heteroatoms. The van der Waals surface area contributed by atoms with E-state index in [0.29, 0.717) is 10.3 Å². The van der Waals surface area contributed by atoms with Gasteiger partial charge in [0.15, 0.2) is 11.9 Å². The van der Waals surface area contributed by atoms with E-state index >= 15 is 0 Å². The zero-order valence-electron chi connectivity index (χ0n) is 8.71. The van der Waals surface area contributed by atoms with Crippen LogP contribution in [0.3, 0.4) is 0 Å². The number of oxazole rings is 1. The molecule has 88 valence electrons. The lowest BCUT2D eigenvalue weighted by Gasteiger charge is -1.98. The zero-order chi connectivity index (χ0) is 12.4. The quantitative estimate of drug-likeness (QED) is 0.350. The maximum atomic E-state index is 11.2. The number of methoxy groups -OCH3 is 1. The van der Waals surface area contributed by atoms with Crippen LogP contribution in [-0.2, 0) is 4.74 Å². The van der Waals surface area contributed by atoms with E-state index in [0.717, 1.165) is 0 Å². The van der Waals surface area contributed by atoms with Crippen molar-refractivity contribution < 1.29 is 18.7 Å². The number of hydrogen-bond donors (Lipinski definition) is 0. The number of halogens is 1. The van der Waals surface area contributed by atoms with Gasteiger partial charge in [-0.1, -0.05) is 0 Å². The standard InChI is InChI=1S/C10H7ClN2O4/c1-16-10(14)7-5-17-9(12-7)6-2-3-13(15)8(11)4-6/h2-5H,1H3. The number of carbonyl (C=O) groups is 1. The number of hydrogen-bond acceptors (Lipinski definition) is 5. The van der Waals surface area contributed by atoms with Crippen LogP contribution in [0.5, 0.6) is 0 Å². The average Bonchev–Trinajstić information content (AvgIpc) is 2.81. The lowest BCUT2D eigenvalue weighted by molar-refractivity contribution is -0.602. The minimum atomic E-state index is -0.596. The van der Waals surface area contributed by atoms with E-state index in [9.17, 15) is 10.0 Å². The second-order valence-corrected chi connectivity index (χ2v) is 3.48. The van der Waals surface area contributed by atoms with E-state index in [1.807, 2.05) is 0 Å².